The van der Waals surface area contributed by atoms with Crippen LogP contribution in [-0.2, 0) is 14.8 Å². The second-order valence-corrected chi connectivity index (χ2v) is 8.94. The third-order valence-electron chi connectivity index (χ3n) is 4.78. The van der Waals surface area contributed by atoms with E-state index in [0.717, 1.165) is 25.8 Å². The molecule has 6 nitrogen and oxygen atoms in total. The molecule has 1 N–H and O–H groups in total. The van der Waals surface area contributed by atoms with Gasteiger partial charge in [-0.25, -0.2) is 8.42 Å². The van der Waals surface area contributed by atoms with Crippen LogP contribution in [0.2, 0.25) is 5.02 Å². The smallest absolute Gasteiger partial charge is 0.247 e. The fourth-order valence-electron chi connectivity index (χ4n) is 3.71. The molecule has 1 aromatic rings. The number of sulfonamides is 1. The number of halogens is 2. The van der Waals surface area contributed by atoms with Crippen molar-refractivity contribution < 1.29 is 17.9 Å². The topological polar surface area (TPSA) is 67.9 Å². The summed E-state index contributed by atoms with van der Waals surface area (Å²) < 4.78 is 39.5. The van der Waals surface area contributed by atoms with E-state index in [2.05, 4.69) is 5.32 Å². The highest BCUT2D eigenvalue weighted by molar-refractivity contribution is 7.89. The lowest BCUT2D eigenvalue weighted by Crippen LogP contribution is -2.42. The molecule has 2 saturated heterocycles. The highest BCUT2D eigenvalue weighted by Gasteiger charge is 2.44. The third-order valence-corrected chi connectivity index (χ3v) is 7.04. The van der Waals surface area contributed by atoms with Crippen LogP contribution in [0.25, 0.3) is 0 Å². The Kier molecular flexibility index (Phi) is 7.59. The number of rotatable bonds is 6. The van der Waals surface area contributed by atoms with Crippen molar-refractivity contribution in [2.45, 2.75) is 49.3 Å². The average Bonchev–Trinajstić information content (AvgIpc) is 2.83. The van der Waals surface area contributed by atoms with Crippen molar-refractivity contribution in [3.8, 4) is 5.75 Å². The minimum atomic E-state index is -3.69. The summed E-state index contributed by atoms with van der Waals surface area (Å²) in [6.45, 7) is 3.75. The number of nitrogens with one attached hydrogen (secondary N) is 1. The SMILES string of the molecule is COCC(C)Oc1ccc(Cl)cc1S(=O)(=O)N1C2CCNCC1CC2.Cl. The summed E-state index contributed by atoms with van der Waals surface area (Å²) in [5.41, 5.74) is 0. The first-order valence-electron chi connectivity index (χ1n) is 8.63. The average molecular weight is 425 g/mol. The molecule has 0 aliphatic carbocycles. The Labute approximate surface area is 166 Å². The summed E-state index contributed by atoms with van der Waals surface area (Å²) in [5.74, 6) is 0.325. The van der Waals surface area contributed by atoms with E-state index >= 15 is 0 Å². The quantitative estimate of drug-likeness (QED) is 0.759. The van der Waals surface area contributed by atoms with E-state index < -0.39 is 10.0 Å². The number of nitrogens with zero attached hydrogens (tertiary/aromatic N) is 1. The van der Waals surface area contributed by atoms with Gasteiger partial charge in [0, 0.05) is 30.8 Å². The minimum Gasteiger partial charge on any atom is -0.487 e. The second kappa shape index (κ2) is 9.08. The monoisotopic (exact) mass is 424 g/mol. The van der Waals surface area contributed by atoms with Gasteiger partial charge in [-0.2, -0.15) is 4.31 Å². The first-order valence-corrected chi connectivity index (χ1v) is 10.4. The van der Waals surface area contributed by atoms with E-state index in [4.69, 9.17) is 21.1 Å². The molecule has 0 spiro atoms. The van der Waals surface area contributed by atoms with Crippen LogP contribution in [0.1, 0.15) is 26.2 Å². The van der Waals surface area contributed by atoms with Crippen LogP contribution in [-0.4, -0.2) is 57.7 Å². The summed E-state index contributed by atoms with van der Waals surface area (Å²) in [4.78, 5) is 0.141. The number of ether oxygens (including phenoxy) is 2. The Hall–Kier alpha value is -0.570. The van der Waals surface area contributed by atoms with E-state index in [-0.39, 0.29) is 35.5 Å². The van der Waals surface area contributed by atoms with Gasteiger partial charge in [0.05, 0.1) is 6.61 Å². The van der Waals surface area contributed by atoms with Gasteiger partial charge < -0.3 is 14.8 Å². The van der Waals surface area contributed by atoms with Gasteiger partial charge in [-0.15, -0.1) is 12.4 Å². The lowest BCUT2D eigenvalue weighted by Gasteiger charge is -2.28. The highest BCUT2D eigenvalue weighted by atomic mass is 35.5. The number of hydrogen-bond donors (Lipinski definition) is 1. The maximum atomic E-state index is 13.4. The predicted octanol–water partition coefficient (Wildman–Crippen LogP) is 2.69. The molecular formula is C17H26Cl2N2O4S. The van der Waals surface area contributed by atoms with Gasteiger partial charge in [0.25, 0.3) is 0 Å². The Morgan fingerprint density at radius 1 is 1.31 bits per heavy atom. The molecule has 1 aromatic carbocycles. The molecule has 148 valence electrons. The number of benzene rings is 1. The summed E-state index contributed by atoms with van der Waals surface area (Å²) in [5, 5.41) is 3.71. The van der Waals surface area contributed by atoms with Crippen LogP contribution < -0.4 is 10.1 Å². The maximum Gasteiger partial charge on any atom is 0.247 e. The second-order valence-electron chi connectivity index (χ2n) is 6.69. The normalized spacial score (nSPS) is 24.6. The van der Waals surface area contributed by atoms with E-state index in [1.165, 1.54) is 6.07 Å². The van der Waals surface area contributed by atoms with Gasteiger partial charge in [0.2, 0.25) is 10.0 Å². The van der Waals surface area contributed by atoms with Crippen molar-refractivity contribution in [2.75, 3.05) is 26.8 Å². The van der Waals surface area contributed by atoms with Gasteiger partial charge in [0.15, 0.2) is 0 Å². The first-order chi connectivity index (χ1) is 11.9. The third kappa shape index (κ3) is 4.46. The van der Waals surface area contributed by atoms with Gasteiger partial charge in [-0.3, -0.25) is 0 Å². The van der Waals surface area contributed by atoms with Crippen LogP contribution in [0, 0.1) is 0 Å². The van der Waals surface area contributed by atoms with Crippen LogP contribution in [0.5, 0.6) is 5.75 Å². The van der Waals surface area contributed by atoms with E-state index in [0.29, 0.717) is 23.9 Å². The molecule has 3 rings (SSSR count). The molecule has 2 aliphatic heterocycles. The zero-order chi connectivity index (χ0) is 18.0. The Morgan fingerprint density at radius 3 is 2.77 bits per heavy atom. The summed E-state index contributed by atoms with van der Waals surface area (Å²) in [6, 6.07) is 4.78. The van der Waals surface area contributed by atoms with Crippen molar-refractivity contribution in [3.05, 3.63) is 23.2 Å². The van der Waals surface area contributed by atoms with Crippen LogP contribution in [0.4, 0.5) is 0 Å². The van der Waals surface area contributed by atoms with Gasteiger partial charge >= 0.3 is 0 Å². The van der Waals surface area contributed by atoms with E-state index in [1.807, 2.05) is 6.92 Å². The van der Waals surface area contributed by atoms with Gasteiger partial charge in [-0.05, 0) is 50.9 Å². The van der Waals surface area contributed by atoms with Crippen LogP contribution in [0.3, 0.4) is 0 Å². The van der Waals surface area contributed by atoms with Crippen molar-refractivity contribution in [1.29, 1.82) is 0 Å². The molecule has 9 heteroatoms. The largest absolute Gasteiger partial charge is 0.487 e. The fourth-order valence-corrected chi connectivity index (χ4v) is 6.00. The van der Waals surface area contributed by atoms with Crippen molar-refractivity contribution in [3.63, 3.8) is 0 Å². The summed E-state index contributed by atoms with van der Waals surface area (Å²) in [7, 11) is -2.11. The summed E-state index contributed by atoms with van der Waals surface area (Å²) in [6.07, 6.45) is 2.35. The molecule has 0 aromatic heterocycles. The number of fused-ring (bicyclic) bond motifs is 2. The molecule has 0 saturated carbocycles. The molecule has 2 fully saturated rings. The molecule has 0 amide bonds. The Morgan fingerprint density at radius 2 is 2.04 bits per heavy atom. The van der Waals surface area contributed by atoms with E-state index in [9.17, 15) is 8.42 Å². The predicted molar refractivity (Wildman–Crippen MR) is 104 cm³/mol. The Bertz CT molecular complexity index is 703. The lowest BCUT2D eigenvalue weighted by atomic mass is 10.1. The van der Waals surface area contributed by atoms with E-state index in [1.54, 1.807) is 23.5 Å². The van der Waals surface area contributed by atoms with Crippen molar-refractivity contribution in [2.24, 2.45) is 0 Å². The van der Waals surface area contributed by atoms with Crippen molar-refractivity contribution in [1.82, 2.24) is 9.62 Å². The summed E-state index contributed by atoms with van der Waals surface area (Å²) >= 11 is 6.10. The van der Waals surface area contributed by atoms with Gasteiger partial charge in [0.1, 0.15) is 16.7 Å². The fraction of sp³-hybridized carbons (Fsp3) is 0.647. The molecule has 2 heterocycles. The molecule has 0 radical (unpaired) electrons. The molecule has 2 aliphatic rings. The number of methoxy groups -OCH3 is 1. The standard InChI is InChI=1S/C17H25ClN2O4S.ClH/c1-12(11-23-2)24-16-6-3-13(18)9-17(16)25(21,22)20-14-4-5-15(20)10-19-8-7-14;/h3,6,9,12,14-15,19H,4-5,7-8,10-11H2,1-2H3;1H. The number of hydrogen-bond acceptors (Lipinski definition) is 5. The maximum absolute atomic E-state index is 13.4. The zero-order valence-electron chi connectivity index (χ0n) is 15.0. The molecule has 2 bridgehead atoms. The van der Waals surface area contributed by atoms with Crippen molar-refractivity contribution >= 4 is 34.0 Å². The lowest BCUT2D eigenvalue weighted by molar-refractivity contribution is 0.0900. The molecule has 26 heavy (non-hydrogen) atoms. The van der Waals surface area contributed by atoms with Gasteiger partial charge in [-0.1, -0.05) is 11.6 Å². The molecule has 3 atom stereocenters. The molecule has 3 unspecified atom stereocenters. The zero-order valence-corrected chi connectivity index (χ0v) is 17.4. The molecular weight excluding hydrogens is 399 g/mol. The Balaban J connectivity index is 0.00000243. The first kappa shape index (κ1) is 21.7. The van der Waals surface area contributed by atoms with Crippen LogP contribution in [0.15, 0.2) is 23.1 Å². The highest BCUT2D eigenvalue weighted by Crippen LogP contribution is 2.38. The van der Waals surface area contributed by atoms with Crippen LogP contribution >= 0.6 is 24.0 Å². The minimum absolute atomic E-state index is 0.